The lowest BCUT2D eigenvalue weighted by atomic mass is 9.83. The quantitative estimate of drug-likeness (QED) is 0.160. The van der Waals surface area contributed by atoms with Gasteiger partial charge in [-0.05, 0) is 257 Å². The van der Waals surface area contributed by atoms with Crippen LogP contribution in [0.4, 0.5) is 0 Å². The molecule has 5 aliphatic rings. The molecule has 0 unspecified atom stereocenters. The van der Waals surface area contributed by atoms with E-state index in [-0.39, 0.29) is 27.4 Å². The second kappa shape index (κ2) is 31.2. The second-order valence-electron chi connectivity index (χ2n) is 37.5. The molecule has 20 rings (SSSR count). The molecule has 5 aliphatic carbocycles. The largest absolute Gasteiger partial charge is 0.257 e. The maximum atomic E-state index is 8.32. The van der Waals surface area contributed by atoms with Crippen molar-refractivity contribution >= 4 is 0 Å². The number of aryl methyl sites for hydroxylation is 17. The summed E-state index contributed by atoms with van der Waals surface area (Å²) in [5, 5.41) is 0. The zero-order chi connectivity index (χ0) is 92.9. The van der Waals surface area contributed by atoms with Gasteiger partial charge in [-0.3, -0.25) is 24.9 Å². The first-order valence-corrected chi connectivity index (χ1v) is 43.1. The summed E-state index contributed by atoms with van der Waals surface area (Å²) in [6.07, 6.45) is 8.37. The first-order valence-electron chi connectivity index (χ1n) is 46.1. The van der Waals surface area contributed by atoms with Gasteiger partial charge in [-0.1, -0.05) is 130 Å². The Balaban J connectivity index is 0.000000118. The second-order valence-corrected chi connectivity index (χ2v) is 37.5. The van der Waals surface area contributed by atoms with Crippen molar-refractivity contribution in [2.24, 2.45) is 35.2 Å². The maximum absolute atomic E-state index is 8.32. The molecule has 0 fully saturated rings. The van der Waals surface area contributed by atoms with Gasteiger partial charge in [-0.2, -0.15) is 4.57 Å². The average Bonchev–Trinajstić information content (AvgIpc) is 1.52. The van der Waals surface area contributed by atoms with Crippen LogP contribution in [-0.4, -0.2) is 24.9 Å². The van der Waals surface area contributed by atoms with Gasteiger partial charge >= 0.3 is 0 Å². The van der Waals surface area contributed by atoms with Crippen molar-refractivity contribution in [2.75, 3.05) is 0 Å². The molecule has 10 heterocycles. The van der Waals surface area contributed by atoms with Crippen molar-refractivity contribution < 1.29 is 31.1 Å². The summed E-state index contributed by atoms with van der Waals surface area (Å²) in [5.41, 5.74) is 46.9. The Morgan fingerprint density at radius 2 is 0.528 bits per heavy atom. The summed E-state index contributed by atoms with van der Waals surface area (Å²) in [7, 11) is 10.4. The van der Waals surface area contributed by atoms with Gasteiger partial charge in [0.25, 0.3) is 0 Å². The maximum Gasteiger partial charge on any atom is 0.212 e. The van der Waals surface area contributed by atoms with Crippen LogP contribution in [0, 0.1) is 90.0 Å². The Bertz CT molecular complexity index is 7010. The fourth-order valence-electron chi connectivity index (χ4n) is 19.6. The van der Waals surface area contributed by atoms with Gasteiger partial charge < -0.3 is 0 Å². The molecule has 5 aromatic carbocycles. The number of hydrogen-bond acceptors (Lipinski definition) is 5. The molecular weight excluding hydrogens is 1500 g/mol. The normalized spacial score (nSPS) is 15.3. The zero-order valence-corrected chi connectivity index (χ0v) is 76.8. The van der Waals surface area contributed by atoms with Gasteiger partial charge in [0.15, 0.2) is 30.5 Å². The molecule has 618 valence electrons. The van der Waals surface area contributed by atoms with Gasteiger partial charge in [0.1, 0.15) is 35.2 Å². The highest BCUT2D eigenvalue weighted by Gasteiger charge is 2.44. The molecule has 0 saturated carbocycles. The third-order valence-electron chi connectivity index (χ3n) is 26.8. The number of benzene rings is 5. The summed E-state index contributed by atoms with van der Waals surface area (Å²) in [6, 6.07) is 71.1. The molecule has 0 bridgehead atoms. The van der Waals surface area contributed by atoms with E-state index in [0.29, 0.717) is 22.4 Å². The first kappa shape index (κ1) is 76.7. The Kier molecular flexibility index (Phi) is 19.4. The Labute approximate surface area is 739 Å². The van der Waals surface area contributed by atoms with Crippen LogP contribution >= 0.6 is 0 Å². The third kappa shape index (κ3) is 14.6. The molecule has 0 radical (unpaired) electrons. The Hall–Kier alpha value is -12.4. The van der Waals surface area contributed by atoms with E-state index in [9.17, 15) is 0 Å². The number of aromatic nitrogens is 10. The molecule has 0 aliphatic heterocycles. The number of hydrogen-bond donors (Lipinski definition) is 0. The molecule has 0 amide bonds. The molecule has 10 nitrogen and oxygen atoms in total. The van der Waals surface area contributed by atoms with Crippen molar-refractivity contribution in [3.05, 3.63) is 354 Å². The zero-order valence-electron chi connectivity index (χ0n) is 82.8. The van der Waals surface area contributed by atoms with Gasteiger partial charge in [-0.15, -0.1) is 0 Å². The van der Waals surface area contributed by atoms with Crippen LogP contribution in [0.1, 0.15) is 207 Å². The molecule has 0 atom stereocenters. The third-order valence-corrected chi connectivity index (χ3v) is 26.8. The summed E-state index contributed by atoms with van der Waals surface area (Å²) >= 11 is 0. The van der Waals surface area contributed by atoms with E-state index in [1.165, 1.54) is 174 Å². The fourth-order valence-corrected chi connectivity index (χ4v) is 19.6. The van der Waals surface area contributed by atoms with Gasteiger partial charge in [0.2, 0.25) is 28.5 Å². The van der Waals surface area contributed by atoms with E-state index in [0.717, 1.165) is 39.6 Å². The van der Waals surface area contributed by atoms with Crippen molar-refractivity contribution in [3.63, 3.8) is 0 Å². The van der Waals surface area contributed by atoms with Crippen LogP contribution in [0.15, 0.2) is 225 Å². The number of pyridine rings is 10. The van der Waals surface area contributed by atoms with Gasteiger partial charge in [-0.25, -0.2) is 18.3 Å². The number of rotatable bonds is 5. The number of nitrogens with zero attached hydrogens (tertiary/aromatic N) is 10. The molecule has 10 heteroatoms. The first-order chi connectivity index (χ1) is 60.7. The highest BCUT2D eigenvalue weighted by Crippen LogP contribution is 2.55. The molecule has 0 saturated heterocycles. The van der Waals surface area contributed by atoms with E-state index in [4.69, 9.17) is 28.2 Å². The number of fused-ring (bicyclic) bond motifs is 15. The summed E-state index contributed by atoms with van der Waals surface area (Å²) in [5.74, 6) is 0. The minimum absolute atomic E-state index is 0.0428. The summed E-state index contributed by atoms with van der Waals surface area (Å²) in [6.45, 7) is 39.9. The van der Waals surface area contributed by atoms with Crippen LogP contribution in [0.2, 0.25) is 0 Å². The van der Waals surface area contributed by atoms with E-state index >= 15 is 0 Å². The Morgan fingerprint density at radius 1 is 0.236 bits per heavy atom. The van der Waals surface area contributed by atoms with E-state index in [1.807, 2.05) is 49.0 Å². The monoisotopic (exact) mass is 1620 g/mol. The van der Waals surface area contributed by atoms with Crippen LogP contribution < -0.4 is 22.8 Å². The standard InChI is InChI=1S/3C23H25N2.2C22H23N2/c1-14-7-10-21(25(6)13-14)18-12-19-17-9-8-16(3)24-22(17)23(4,5)20(19)11-15(18)2;1-14-9-10-25(6)21(11-14)18-13-19-17-8-7-16(3)24-22(17)23(4,5)20(19)12-15(18)2;1-14-12-20-19(13-18(14)21-9-7-8-16(3)25(21)6)17-11-10-15(2)24-22(17)23(20,4)5;2*1-14-12-19-18(13-17(14)20-8-6-7-11-24(20)5)16-10-9-15(2)23-21(16)22(19,3)4/h3*7-13H,1-6H3;2*6-13H,1-5H3/q5*+1/i;;;3D3,4D3;. The van der Waals surface area contributed by atoms with Crippen LogP contribution in [0.25, 0.3) is 112 Å². The van der Waals surface area contributed by atoms with Crippen molar-refractivity contribution in [3.8, 4) is 112 Å². The van der Waals surface area contributed by atoms with Crippen LogP contribution in [-0.2, 0) is 62.3 Å². The van der Waals surface area contributed by atoms with Gasteiger partial charge in [0, 0.05) is 186 Å². The van der Waals surface area contributed by atoms with E-state index in [2.05, 4.69) is 359 Å². The smallest absolute Gasteiger partial charge is 0.212 e. The van der Waals surface area contributed by atoms with Gasteiger partial charge in [0.05, 0.1) is 28.5 Å². The predicted octanol–water partition coefficient (Wildman–Crippen LogP) is 23.4. The van der Waals surface area contributed by atoms with Crippen LogP contribution in [0.3, 0.4) is 0 Å². The lowest BCUT2D eigenvalue weighted by molar-refractivity contribution is -0.666. The molecule has 10 aromatic heterocycles. The lowest BCUT2D eigenvalue weighted by Crippen LogP contribution is -2.34. The fraction of sp³-hybridized carbons (Fsp3) is 0.292. The van der Waals surface area contributed by atoms with E-state index in [1.54, 1.807) is 25.1 Å². The topological polar surface area (TPSA) is 83.8 Å². The minimum atomic E-state index is -2.80. The molecule has 0 N–H and O–H groups in total. The lowest BCUT2D eigenvalue weighted by Gasteiger charge is -2.21. The molecule has 15 aromatic rings. The highest BCUT2D eigenvalue weighted by molar-refractivity contribution is 5.89. The average molecular weight is 1630 g/mol. The summed E-state index contributed by atoms with van der Waals surface area (Å²) in [4.78, 5) is 24.0. The Morgan fingerprint density at radius 3 is 0.854 bits per heavy atom. The highest BCUT2D eigenvalue weighted by atomic mass is 15.0. The van der Waals surface area contributed by atoms with Crippen LogP contribution in [0.5, 0.6) is 0 Å². The molecule has 123 heavy (non-hydrogen) atoms. The van der Waals surface area contributed by atoms with Crippen molar-refractivity contribution in [2.45, 2.75) is 186 Å². The SMILES string of the molecule is Cc1cc[n+](C)c(-c2cc3c(cc2C)C(C)(C)c2nc(C)ccc2-3)c1.Cc1ccc(-c2cc3c(cc2C)C(C)(C)c2nc(C)ccc2-3)[n+](C)c1.Cc1ccc2c(n1)C(C)(C)c1cc(C)c(-c3cccc(C)[n+]3C)cc1-2.Cc1ccc2c(n1)C(C)(C)c1cc(C)c(-c3cccc[n+]3C)cc1-2.[2H]C([2H])([2H])C1(C([2H])([2H])[2H])c2cc(C)c(-c3cccc[n+]3C)cc2-c2ccc(C)nc21. The van der Waals surface area contributed by atoms with Crippen molar-refractivity contribution in [1.29, 1.82) is 0 Å². The minimum Gasteiger partial charge on any atom is -0.257 e. The van der Waals surface area contributed by atoms with E-state index < -0.39 is 19.1 Å². The predicted molar refractivity (Wildman–Crippen MR) is 504 cm³/mol. The summed E-state index contributed by atoms with van der Waals surface area (Å²) < 4.78 is 60.8. The van der Waals surface area contributed by atoms with Crippen molar-refractivity contribution in [1.82, 2.24) is 24.9 Å². The molecular formula is C113H121N10+5. The molecule has 0 spiro atoms.